The van der Waals surface area contributed by atoms with Crippen LogP contribution in [0.25, 0.3) is 0 Å². The average molecular weight is 954 g/mol. The zero-order chi connectivity index (χ0) is 50.3. The van der Waals surface area contributed by atoms with E-state index in [9.17, 15) is 38.4 Å². The van der Waals surface area contributed by atoms with E-state index < -0.39 is 89.9 Å². The number of hydrogen-bond donors (Lipinski definition) is 11. The highest BCUT2D eigenvalue weighted by molar-refractivity contribution is 5.98. The highest BCUT2D eigenvalue weighted by atomic mass is 16.2. The van der Waals surface area contributed by atoms with Gasteiger partial charge < -0.3 is 65.9 Å². The molecule has 69 heavy (non-hydrogen) atoms. The number of aliphatic imine (C=N–C) groups is 2. The van der Waals surface area contributed by atoms with Crippen LogP contribution in [0.3, 0.4) is 0 Å². The molecule has 23 nitrogen and oxygen atoms in total. The van der Waals surface area contributed by atoms with Gasteiger partial charge in [-0.1, -0.05) is 60.7 Å². The van der Waals surface area contributed by atoms with Gasteiger partial charge >= 0.3 is 0 Å². The Morgan fingerprint density at radius 2 is 1.09 bits per heavy atom. The van der Waals surface area contributed by atoms with E-state index in [1.54, 1.807) is 67.0 Å². The minimum Gasteiger partial charge on any atom is -0.370 e. The maximum absolute atomic E-state index is 14.6. The lowest BCUT2D eigenvalue weighted by molar-refractivity contribution is -0.142. The van der Waals surface area contributed by atoms with Gasteiger partial charge in [0.1, 0.15) is 36.3 Å². The Balaban J connectivity index is 1.60. The van der Waals surface area contributed by atoms with Crippen molar-refractivity contribution in [3.63, 3.8) is 0 Å². The van der Waals surface area contributed by atoms with Crippen LogP contribution >= 0.6 is 0 Å². The maximum atomic E-state index is 14.6. The molecule has 8 amide bonds. The lowest BCUT2D eigenvalue weighted by atomic mass is 10.0. The zero-order valence-corrected chi connectivity index (χ0v) is 38.3. The van der Waals surface area contributed by atoms with Gasteiger partial charge in [0, 0.05) is 44.9 Å². The lowest BCUT2D eigenvalue weighted by Gasteiger charge is -2.31. The molecule has 23 heteroatoms. The number of primary amides is 2. The number of pyridine rings is 1. The Morgan fingerprint density at radius 3 is 1.61 bits per heavy atom. The predicted molar refractivity (Wildman–Crippen MR) is 255 cm³/mol. The van der Waals surface area contributed by atoms with Crippen LogP contribution < -0.4 is 61.0 Å². The molecule has 0 unspecified atom stereocenters. The number of amides is 8. The van der Waals surface area contributed by atoms with E-state index in [4.69, 9.17) is 34.4 Å². The average Bonchev–Trinajstić information content (AvgIpc) is 3.81. The van der Waals surface area contributed by atoms with Crippen molar-refractivity contribution in [3.8, 4) is 0 Å². The number of carbonyl (C=O) groups excluding carboxylic acids is 8. The van der Waals surface area contributed by atoms with Crippen molar-refractivity contribution in [3.05, 3.63) is 102 Å². The van der Waals surface area contributed by atoms with Gasteiger partial charge in [-0.2, -0.15) is 0 Å². The van der Waals surface area contributed by atoms with Gasteiger partial charge in [-0.25, -0.2) is 0 Å². The number of guanidine groups is 2. The van der Waals surface area contributed by atoms with Crippen LogP contribution in [0.4, 0.5) is 0 Å². The molecule has 370 valence electrons. The standard InChI is InChI=1S/C46H63N15O8/c47-37(62)27-33(39(48)64)59-40(65)31(14-7-19-54-45(49)50)57-43(68)36-16-9-23-61(36)44(69)32(15-8-20-55-46(51)52)58-42(67)35(25-29-12-5-2-6-13-29)60-41(66)34(24-28-10-3-1-4-11-28)56-38(63)26-30-17-21-53-22-18-30/h1-6,10-13,17-18,21-22,31-36H,7-9,14-16,19-20,23-27H2,(H2,47,62)(H2,48,64)(H,56,63)(H,57,68)(H,58,67)(H,59,65)(H,60,66)(H4,49,50,54)(H4,51,52,55)/t31-,32-,33-,34-,35-,36-/m0/s1. The summed E-state index contributed by atoms with van der Waals surface area (Å²) >= 11 is 0. The van der Waals surface area contributed by atoms with E-state index in [1.807, 2.05) is 18.2 Å². The number of nitrogens with zero attached hydrogens (tertiary/aromatic N) is 4. The number of likely N-dealkylation sites (tertiary alicyclic amines) is 1. The molecule has 17 N–H and O–H groups in total. The SMILES string of the molecule is NC(=O)C[C@H](NC(=O)[C@H](CCCN=C(N)N)NC(=O)[C@@H]1CCCN1C(=O)[C@H](CCCN=C(N)N)NC(=O)[C@H](Cc1ccccc1)NC(=O)[C@H](Cc1ccccc1)NC(=O)Cc1ccncc1)C(N)=O. The van der Waals surface area contributed by atoms with Gasteiger partial charge in [0.25, 0.3) is 0 Å². The van der Waals surface area contributed by atoms with Crippen LogP contribution in [0.2, 0.25) is 0 Å². The van der Waals surface area contributed by atoms with Gasteiger partial charge in [-0.05, 0) is 67.3 Å². The van der Waals surface area contributed by atoms with Crippen LogP contribution in [0.1, 0.15) is 61.6 Å². The molecule has 0 bridgehead atoms. The highest BCUT2D eigenvalue weighted by Crippen LogP contribution is 2.21. The first-order valence-corrected chi connectivity index (χ1v) is 22.5. The fraction of sp³-hybridized carbons (Fsp3) is 0.413. The predicted octanol–water partition coefficient (Wildman–Crippen LogP) is -3.01. The minimum atomic E-state index is -1.47. The summed E-state index contributed by atoms with van der Waals surface area (Å²) in [6, 6.07) is 13.8. The van der Waals surface area contributed by atoms with Crippen molar-refractivity contribution in [1.29, 1.82) is 0 Å². The number of nitrogens with one attached hydrogen (secondary N) is 5. The lowest BCUT2D eigenvalue weighted by Crippen LogP contribution is -2.60. The molecule has 0 saturated carbocycles. The second kappa shape index (κ2) is 27.5. The Kier molecular flexibility index (Phi) is 21.3. The molecule has 6 atom stereocenters. The molecule has 2 heterocycles. The van der Waals surface area contributed by atoms with Crippen molar-refractivity contribution in [1.82, 2.24) is 36.5 Å². The van der Waals surface area contributed by atoms with Crippen molar-refractivity contribution in [2.75, 3.05) is 19.6 Å². The second-order valence-electron chi connectivity index (χ2n) is 16.4. The third-order valence-corrected chi connectivity index (χ3v) is 11.0. The Hall–Kier alpha value is -8.11. The molecule has 4 rings (SSSR count). The molecule has 3 aromatic rings. The summed E-state index contributed by atoms with van der Waals surface area (Å²) in [5, 5.41) is 13.5. The summed E-state index contributed by atoms with van der Waals surface area (Å²) in [6.45, 7) is 0.277. The number of rotatable bonds is 27. The van der Waals surface area contributed by atoms with Crippen LogP contribution in [0, 0.1) is 0 Å². The highest BCUT2D eigenvalue weighted by Gasteiger charge is 2.40. The van der Waals surface area contributed by atoms with Crippen LogP contribution in [-0.2, 0) is 57.6 Å². The molecular formula is C46H63N15O8. The van der Waals surface area contributed by atoms with E-state index in [-0.39, 0.29) is 82.9 Å². The number of benzene rings is 2. The Morgan fingerprint density at radius 1 is 0.594 bits per heavy atom. The van der Waals surface area contributed by atoms with Crippen molar-refractivity contribution >= 4 is 59.2 Å². The van der Waals surface area contributed by atoms with Crippen LogP contribution in [-0.4, -0.2) is 125 Å². The summed E-state index contributed by atoms with van der Waals surface area (Å²) in [5.41, 5.74) is 34.8. The van der Waals surface area contributed by atoms with E-state index >= 15 is 0 Å². The summed E-state index contributed by atoms with van der Waals surface area (Å²) in [4.78, 5) is 121. The van der Waals surface area contributed by atoms with Crippen LogP contribution in [0.5, 0.6) is 0 Å². The number of hydrogen-bond acceptors (Lipinski definition) is 11. The molecular weight excluding hydrogens is 891 g/mol. The fourth-order valence-corrected chi connectivity index (χ4v) is 7.59. The first-order chi connectivity index (χ1) is 33.0. The molecule has 0 radical (unpaired) electrons. The summed E-state index contributed by atoms with van der Waals surface area (Å²) in [7, 11) is 0. The summed E-state index contributed by atoms with van der Waals surface area (Å²) in [5.74, 6) is -6.35. The molecule has 0 spiro atoms. The maximum Gasteiger partial charge on any atom is 0.245 e. The summed E-state index contributed by atoms with van der Waals surface area (Å²) in [6.07, 6.45) is 3.51. The molecule has 1 aromatic heterocycles. The third-order valence-electron chi connectivity index (χ3n) is 11.0. The first-order valence-electron chi connectivity index (χ1n) is 22.5. The minimum absolute atomic E-state index is 0.00405. The van der Waals surface area contributed by atoms with Gasteiger partial charge in [0.15, 0.2) is 11.9 Å². The topological polar surface area (TPSA) is 394 Å². The molecule has 1 aliphatic heterocycles. The van der Waals surface area contributed by atoms with E-state index in [2.05, 4.69) is 41.6 Å². The number of carbonyl (C=O) groups is 8. The van der Waals surface area contributed by atoms with E-state index in [0.717, 1.165) is 5.56 Å². The second-order valence-corrected chi connectivity index (χ2v) is 16.4. The molecule has 1 aliphatic rings. The first kappa shape index (κ1) is 53.5. The molecule has 2 aromatic carbocycles. The molecule has 1 saturated heterocycles. The smallest absolute Gasteiger partial charge is 0.245 e. The fourth-order valence-electron chi connectivity index (χ4n) is 7.59. The number of nitrogens with two attached hydrogens (primary N) is 6. The van der Waals surface area contributed by atoms with Gasteiger partial charge in [-0.15, -0.1) is 0 Å². The van der Waals surface area contributed by atoms with Gasteiger partial charge in [-0.3, -0.25) is 53.3 Å². The molecule has 0 aliphatic carbocycles. The zero-order valence-electron chi connectivity index (χ0n) is 38.3. The van der Waals surface area contributed by atoms with Crippen molar-refractivity contribution < 1.29 is 38.4 Å². The van der Waals surface area contributed by atoms with Crippen molar-refractivity contribution in [2.24, 2.45) is 44.4 Å². The largest absolute Gasteiger partial charge is 0.370 e. The Bertz CT molecular complexity index is 2280. The van der Waals surface area contributed by atoms with E-state index in [1.165, 1.54) is 4.90 Å². The van der Waals surface area contributed by atoms with Crippen molar-refractivity contribution in [2.45, 2.75) is 100 Å². The summed E-state index contributed by atoms with van der Waals surface area (Å²) < 4.78 is 0. The van der Waals surface area contributed by atoms with Gasteiger partial charge in [0.05, 0.1) is 12.8 Å². The molecule has 1 fully saturated rings. The number of aromatic nitrogens is 1. The Labute approximate surface area is 399 Å². The van der Waals surface area contributed by atoms with Gasteiger partial charge in [0.2, 0.25) is 47.3 Å². The monoisotopic (exact) mass is 953 g/mol. The normalized spacial score (nSPS) is 15.1. The third kappa shape index (κ3) is 18.6. The quantitative estimate of drug-likeness (QED) is 0.0206. The van der Waals surface area contributed by atoms with Crippen LogP contribution in [0.15, 0.2) is 95.2 Å². The van der Waals surface area contributed by atoms with E-state index in [0.29, 0.717) is 17.5 Å².